The minimum atomic E-state index is -0.994. The number of nitrogens with two attached hydrogens (primary N) is 1. The molecule has 0 saturated carbocycles. The number of hydrogen-bond acceptors (Lipinski definition) is 4. The molecule has 0 radical (unpaired) electrons. The first-order chi connectivity index (χ1) is 5.74. The third kappa shape index (κ3) is 5.60. The van der Waals surface area contributed by atoms with E-state index in [-0.39, 0.29) is 12.5 Å². The summed E-state index contributed by atoms with van der Waals surface area (Å²) in [7, 11) is 0. The molecule has 4 heteroatoms. The number of carbonyl (C=O) groups is 1. The molecule has 0 fully saturated rings. The van der Waals surface area contributed by atoms with Gasteiger partial charge in [-0.25, -0.2) is 0 Å². The second kappa shape index (κ2) is 4.58. The molecule has 0 aliphatic heterocycles. The van der Waals surface area contributed by atoms with E-state index in [2.05, 4.69) is 0 Å². The van der Waals surface area contributed by atoms with Gasteiger partial charge in [-0.2, -0.15) is 0 Å². The number of ether oxygens (including phenoxy) is 1. The normalized spacial score (nSPS) is 14.4. The first-order valence-electron chi connectivity index (χ1n) is 4.38. The molecule has 0 bridgehead atoms. The second-order valence-corrected chi connectivity index (χ2v) is 4.19. The molecule has 0 rings (SSSR count). The highest BCUT2D eigenvalue weighted by molar-refractivity contribution is 5.75. The molecule has 0 amide bonds. The van der Waals surface area contributed by atoms with Crippen LogP contribution in [0.5, 0.6) is 0 Å². The predicted octanol–water partition coefficient (Wildman–Crippen LogP) is 0.284. The number of hydrogen-bond donors (Lipinski definition) is 2. The minimum absolute atomic E-state index is 0.0216. The number of carbonyl (C=O) groups excluding carboxylic acids is 1. The molecule has 0 aromatic heterocycles. The van der Waals surface area contributed by atoms with Gasteiger partial charge in [-0.05, 0) is 19.8 Å². The third-order valence-electron chi connectivity index (χ3n) is 1.56. The van der Waals surface area contributed by atoms with Crippen molar-refractivity contribution in [2.75, 3.05) is 6.61 Å². The Morgan fingerprint density at radius 2 is 2.00 bits per heavy atom. The van der Waals surface area contributed by atoms with Crippen molar-refractivity contribution in [2.24, 2.45) is 11.7 Å². The average Bonchev–Trinajstić information content (AvgIpc) is 1.97. The van der Waals surface area contributed by atoms with Crippen LogP contribution in [-0.2, 0) is 9.53 Å². The minimum Gasteiger partial charge on any atom is -0.461 e. The van der Waals surface area contributed by atoms with Crippen molar-refractivity contribution in [3.05, 3.63) is 0 Å². The highest BCUT2D eigenvalue weighted by Crippen LogP contribution is 2.05. The van der Waals surface area contributed by atoms with Gasteiger partial charge < -0.3 is 15.6 Å². The van der Waals surface area contributed by atoms with E-state index in [0.717, 1.165) is 0 Å². The summed E-state index contributed by atoms with van der Waals surface area (Å²) in [5.41, 5.74) is 4.54. The summed E-state index contributed by atoms with van der Waals surface area (Å²) in [5, 5.41) is 9.27. The van der Waals surface area contributed by atoms with Crippen LogP contribution in [-0.4, -0.2) is 29.3 Å². The Morgan fingerprint density at radius 1 is 1.54 bits per heavy atom. The van der Waals surface area contributed by atoms with E-state index >= 15 is 0 Å². The van der Waals surface area contributed by atoms with E-state index in [0.29, 0.717) is 0 Å². The Bertz CT molecular complexity index is 172. The van der Waals surface area contributed by atoms with E-state index in [1.165, 1.54) is 0 Å². The summed E-state index contributed by atoms with van der Waals surface area (Å²) in [6.45, 7) is 6.81. The zero-order chi connectivity index (χ0) is 10.6. The standard InChI is InChI=1S/C9H19NO3/c1-6(2)7(10)8(11)13-5-9(3,4)12/h6-7,12H,5,10H2,1-4H3/t7-/m0/s1. The van der Waals surface area contributed by atoms with Gasteiger partial charge in [0.1, 0.15) is 12.6 Å². The Kier molecular flexibility index (Phi) is 4.36. The van der Waals surface area contributed by atoms with Crippen molar-refractivity contribution < 1.29 is 14.6 Å². The van der Waals surface area contributed by atoms with Crippen molar-refractivity contribution in [3.63, 3.8) is 0 Å². The molecule has 13 heavy (non-hydrogen) atoms. The molecular weight excluding hydrogens is 170 g/mol. The molecule has 0 spiro atoms. The van der Waals surface area contributed by atoms with Gasteiger partial charge in [0.2, 0.25) is 0 Å². The smallest absolute Gasteiger partial charge is 0.323 e. The van der Waals surface area contributed by atoms with E-state index in [1.54, 1.807) is 13.8 Å². The summed E-state index contributed by atoms with van der Waals surface area (Å²) < 4.78 is 4.82. The van der Waals surface area contributed by atoms with Crippen LogP contribution >= 0.6 is 0 Å². The number of esters is 1. The van der Waals surface area contributed by atoms with Gasteiger partial charge in [0.25, 0.3) is 0 Å². The Morgan fingerprint density at radius 3 is 2.31 bits per heavy atom. The molecule has 3 N–H and O–H groups in total. The molecule has 0 unspecified atom stereocenters. The van der Waals surface area contributed by atoms with Crippen LogP contribution in [0.2, 0.25) is 0 Å². The van der Waals surface area contributed by atoms with Gasteiger partial charge in [0, 0.05) is 0 Å². The highest BCUT2D eigenvalue weighted by atomic mass is 16.5. The van der Waals surface area contributed by atoms with Crippen molar-refractivity contribution >= 4 is 5.97 Å². The molecule has 0 aliphatic rings. The Hall–Kier alpha value is -0.610. The molecule has 0 aromatic rings. The zero-order valence-corrected chi connectivity index (χ0v) is 8.70. The van der Waals surface area contributed by atoms with Crippen molar-refractivity contribution in [3.8, 4) is 0 Å². The summed E-state index contributed by atoms with van der Waals surface area (Å²) in [5.74, 6) is -0.411. The lowest BCUT2D eigenvalue weighted by atomic mass is 10.1. The average molecular weight is 189 g/mol. The van der Waals surface area contributed by atoms with Gasteiger partial charge >= 0.3 is 5.97 Å². The van der Waals surface area contributed by atoms with Gasteiger partial charge in [0.15, 0.2) is 0 Å². The predicted molar refractivity (Wildman–Crippen MR) is 50.1 cm³/mol. The number of rotatable bonds is 4. The zero-order valence-electron chi connectivity index (χ0n) is 8.70. The van der Waals surface area contributed by atoms with E-state index in [9.17, 15) is 9.90 Å². The lowest BCUT2D eigenvalue weighted by molar-refractivity contribution is -0.152. The summed E-state index contributed by atoms with van der Waals surface area (Å²) in [4.78, 5) is 11.2. The molecular formula is C9H19NO3. The fraction of sp³-hybridized carbons (Fsp3) is 0.889. The molecule has 4 nitrogen and oxygen atoms in total. The van der Waals surface area contributed by atoms with Crippen LogP contribution in [0.15, 0.2) is 0 Å². The van der Waals surface area contributed by atoms with Gasteiger partial charge in [0.05, 0.1) is 5.60 Å². The fourth-order valence-corrected chi connectivity index (χ4v) is 0.616. The Labute approximate surface area is 79.1 Å². The van der Waals surface area contributed by atoms with Gasteiger partial charge in [-0.15, -0.1) is 0 Å². The third-order valence-corrected chi connectivity index (χ3v) is 1.56. The van der Waals surface area contributed by atoms with Crippen LogP contribution in [0, 0.1) is 5.92 Å². The lowest BCUT2D eigenvalue weighted by Gasteiger charge is -2.20. The second-order valence-electron chi connectivity index (χ2n) is 4.19. The molecule has 0 aliphatic carbocycles. The number of aliphatic hydroxyl groups is 1. The van der Waals surface area contributed by atoms with E-state index in [1.807, 2.05) is 13.8 Å². The van der Waals surface area contributed by atoms with Crippen LogP contribution < -0.4 is 5.73 Å². The molecule has 0 aromatic carbocycles. The van der Waals surface area contributed by atoms with Gasteiger partial charge in [-0.1, -0.05) is 13.8 Å². The highest BCUT2D eigenvalue weighted by Gasteiger charge is 2.22. The molecule has 1 atom stereocenters. The largest absolute Gasteiger partial charge is 0.461 e. The van der Waals surface area contributed by atoms with Crippen LogP contribution in [0.1, 0.15) is 27.7 Å². The van der Waals surface area contributed by atoms with E-state index in [4.69, 9.17) is 10.5 Å². The maximum Gasteiger partial charge on any atom is 0.323 e. The van der Waals surface area contributed by atoms with Crippen LogP contribution in [0.3, 0.4) is 0 Å². The quantitative estimate of drug-likeness (QED) is 0.623. The summed E-state index contributed by atoms with van der Waals surface area (Å²) in [6.07, 6.45) is 0. The molecule has 0 saturated heterocycles. The monoisotopic (exact) mass is 189 g/mol. The lowest BCUT2D eigenvalue weighted by Crippen LogP contribution is -2.39. The van der Waals surface area contributed by atoms with Crippen molar-refractivity contribution in [1.82, 2.24) is 0 Å². The maximum atomic E-state index is 11.2. The SMILES string of the molecule is CC(C)[C@H](N)C(=O)OCC(C)(C)O. The van der Waals surface area contributed by atoms with Crippen LogP contribution in [0.4, 0.5) is 0 Å². The summed E-state index contributed by atoms with van der Waals surface area (Å²) in [6, 6.07) is -0.609. The van der Waals surface area contributed by atoms with Gasteiger partial charge in [-0.3, -0.25) is 4.79 Å². The van der Waals surface area contributed by atoms with Crippen LogP contribution in [0.25, 0.3) is 0 Å². The van der Waals surface area contributed by atoms with Crippen molar-refractivity contribution in [1.29, 1.82) is 0 Å². The molecule has 78 valence electrons. The fourth-order valence-electron chi connectivity index (χ4n) is 0.616. The molecule has 0 heterocycles. The Balaban J connectivity index is 3.89. The topological polar surface area (TPSA) is 72.6 Å². The first kappa shape index (κ1) is 12.4. The van der Waals surface area contributed by atoms with Crippen molar-refractivity contribution in [2.45, 2.75) is 39.3 Å². The van der Waals surface area contributed by atoms with E-state index < -0.39 is 17.6 Å². The summed E-state index contributed by atoms with van der Waals surface area (Å²) >= 11 is 0. The first-order valence-corrected chi connectivity index (χ1v) is 4.38. The maximum absolute atomic E-state index is 11.2.